The van der Waals surface area contributed by atoms with Crippen molar-refractivity contribution in [3.05, 3.63) is 69.8 Å². The molecule has 3 heteroatoms. The summed E-state index contributed by atoms with van der Waals surface area (Å²) in [6, 6.07) is 8.90. The summed E-state index contributed by atoms with van der Waals surface area (Å²) in [5.74, 6) is -1.00. The molecule has 0 saturated heterocycles. The average molecular weight is 351 g/mol. The van der Waals surface area contributed by atoms with Crippen molar-refractivity contribution in [1.29, 1.82) is 0 Å². The molecular formula is C18H17BrF2. The molecule has 0 fully saturated rings. The minimum absolute atomic E-state index is 0.246. The molecule has 0 N–H and O–H groups in total. The summed E-state index contributed by atoms with van der Waals surface area (Å²) in [6.07, 6.45) is 4.68. The van der Waals surface area contributed by atoms with Crippen LogP contribution in [0.25, 0.3) is 0 Å². The van der Waals surface area contributed by atoms with Crippen LogP contribution in [-0.4, -0.2) is 0 Å². The van der Waals surface area contributed by atoms with Gasteiger partial charge in [-0.1, -0.05) is 34.1 Å². The number of hydrogen-bond donors (Lipinski definition) is 0. The first-order chi connectivity index (χ1) is 10.1. The molecule has 1 unspecified atom stereocenters. The first kappa shape index (κ1) is 14.7. The summed E-state index contributed by atoms with van der Waals surface area (Å²) in [5, 5.41) is 0. The topological polar surface area (TPSA) is 0 Å². The largest absolute Gasteiger partial charge is 0.207 e. The molecule has 110 valence electrons. The summed E-state index contributed by atoms with van der Waals surface area (Å²) < 4.78 is 27.4. The fourth-order valence-corrected chi connectivity index (χ4v) is 3.60. The lowest BCUT2D eigenvalue weighted by Crippen LogP contribution is -2.05. The molecule has 0 heterocycles. The Labute approximate surface area is 132 Å². The Morgan fingerprint density at radius 3 is 2.43 bits per heavy atom. The van der Waals surface area contributed by atoms with Crippen molar-refractivity contribution in [1.82, 2.24) is 0 Å². The van der Waals surface area contributed by atoms with E-state index in [4.69, 9.17) is 0 Å². The molecule has 0 radical (unpaired) electrons. The smallest absolute Gasteiger partial charge is 0.130 e. The average Bonchev–Trinajstić information content (AvgIpc) is 2.50. The molecule has 1 aliphatic rings. The highest BCUT2D eigenvalue weighted by atomic mass is 79.9. The molecule has 0 amide bonds. The molecule has 2 aromatic carbocycles. The van der Waals surface area contributed by atoms with Crippen molar-refractivity contribution in [3.8, 4) is 0 Å². The van der Waals surface area contributed by atoms with Gasteiger partial charge in [0, 0.05) is 11.6 Å². The van der Waals surface area contributed by atoms with Crippen LogP contribution in [0.2, 0.25) is 0 Å². The van der Waals surface area contributed by atoms with E-state index in [1.807, 2.05) is 6.07 Å². The monoisotopic (exact) mass is 350 g/mol. The van der Waals surface area contributed by atoms with Crippen molar-refractivity contribution in [2.24, 2.45) is 0 Å². The van der Waals surface area contributed by atoms with E-state index in [2.05, 4.69) is 28.1 Å². The predicted octanol–water partition coefficient (Wildman–Crippen LogP) is 5.64. The molecule has 3 rings (SSSR count). The molecule has 2 aromatic rings. The Balaban J connectivity index is 1.98. The molecule has 0 bridgehead atoms. The van der Waals surface area contributed by atoms with E-state index < -0.39 is 11.6 Å². The van der Waals surface area contributed by atoms with Crippen LogP contribution in [0.4, 0.5) is 8.78 Å². The second-order valence-electron chi connectivity index (χ2n) is 5.72. The zero-order valence-corrected chi connectivity index (χ0v) is 13.5. The number of fused-ring (bicyclic) bond motifs is 1. The van der Waals surface area contributed by atoms with E-state index in [1.54, 1.807) is 13.0 Å². The minimum atomic E-state index is -0.502. The van der Waals surface area contributed by atoms with Gasteiger partial charge in [-0.15, -0.1) is 0 Å². The fraction of sp³-hybridized carbons (Fsp3) is 0.333. The van der Waals surface area contributed by atoms with Crippen LogP contribution in [-0.2, 0) is 12.8 Å². The normalized spacial score (nSPS) is 15.6. The van der Waals surface area contributed by atoms with E-state index >= 15 is 0 Å². The van der Waals surface area contributed by atoms with Crippen molar-refractivity contribution < 1.29 is 8.78 Å². The Hall–Kier alpha value is -1.22. The van der Waals surface area contributed by atoms with Gasteiger partial charge in [-0.05, 0) is 60.9 Å². The number of halogens is 3. The maximum atomic E-state index is 14.0. The minimum Gasteiger partial charge on any atom is -0.207 e. The van der Waals surface area contributed by atoms with Gasteiger partial charge in [0.05, 0.1) is 4.83 Å². The van der Waals surface area contributed by atoms with Crippen LogP contribution in [0.1, 0.15) is 45.5 Å². The number of aryl methyl sites for hydroxylation is 3. The molecule has 21 heavy (non-hydrogen) atoms. The van der Waals surface area contributed by atoms with Crippen LogP contribution < -0.4 is 0 Å². The van der Waals surface area contributed by atoms with Crippen LogP contribution in [0.5, 0.6) is 0 Å². The van der Waals surface area contributed by atoms with E-state index in [0.717, 1.165) is 24.5 Å². The van der Waals surface area contributed by atoms with Crippen molar-refractivity contribution >= 4 is 15.9 Å². The standard InChI is InChI=1S/C18H17BrF2/c1-11-8-15(17(21)10-16(11)20)18(19)14-7-6-12-4-2-3-5-13(12)9-14/h6-10,18H,2-5H2,1H3. The van der Waals surface area contributed by atoms with Crippen molar-refractivity contribution in [2.45, 2.75) is 37.4 Å². The zero-order chi connectivity index (χ0) is 15.0. The second kappa shape index (κ2) is 5.88. The predicted molar refractivity (Wildman–Crippen MR) is 84.9 cm³/mol. The van der Waals surface area contributed by atoms with Gasteiger partial charge >= 0.3 is 0 Å². The lowest BCUT2D eigenvalue weighted by atomic mass is 9.89. The molecule has 0 saturated carbocycles. The molecule has 1 aliphatic carbocycles. The van der Waals surface area contributed by atoms with Gasteiger partial charge in [-0.2, -0.15) is 0 Å². The quantitative estimate of drug-likeness (QED) is 0.615. The summed E-state index contributed by atoms with van der Waals surface area (Å²) in [7, 11) is 0. The highest BCUT2D eigenvalue weighted by Crippen LogP contribution is 2.35. The first-order valence-corrected chi connectivity index (χ1v) is 8.19. The van der Waals surface area contributed by atoms with Gasteiger partial charge in [0.25, 0.3) is 0 Å². The van der Waals surface area contributed by atoms with Gasteiger partial charge < -0.3 is 0 Å². The SMILES string of the molecule is Cc1cc(C(Br)c2ccc3c(c2)CCCC3)c(F)cc1F. The van der Waals surface area contributed by atoms with Gasteiger partial charge in [0.15, 0.2) is 0 Å². The fourth-order valence-electron chi connectivity index (χ4n) is 2.96. The lowest BCUT2D eigenvalue weighted by Gasteiger charge is -2.19. The van der Waals surface area contributed by atoms with Crippen molar-refractivity contribution in [2.75, 3.05) is 0 Å². The second-order valence-corrected chi connectivity index (χ2v) is 6.64. The summed E-state index contributed by atoms with van der Waals surface area (Å²) in [4.78, 5) is -0.246. The third kappa shape index (κ3) is 2.89. The molecule has 0 nitrogen and oxygen atoms in total. The Kier molecular flexibility index (Phi) is 4.12. The van der Waals surface area contributed by atoms with E-state index in [9.17, 15) is 8.78 Å². The first-order valence-electron chi connectivity index (χ1n) is 7.27. The summed E-state index contributed by atoms with van der Waals surface area (Å²) in [5.41, 5.74) is 4.75. The number of hydrogen-bond acceptors (Lipinski definition) is 0. The Morgan fingerprint density at radius 1 is 0.952 bits per heavy atom. The zero-order valence-electron chi connectivity index (χ0n) is 11.9. The maximum absolute atomic E-state index is 14.0. The highest BCUT2D eigenvalue weighted by molar-refractivity contribution is 9.09. The summed E-state index contributed by atoms with van der Waals surface area (Å²) in [6.45, 7) is 1.66. The van der Waals surface area contributed by atoms with Crippen LogP contribution in [0.3, 0.4) is 0 Å². The third-order valence-electron chi connectivity index (χ3n) is 4.22. The summed E-state index contributed by atoms with van der Waals surface area (Å²) >= 11 is 3.57. The van der Waals surface area contributed by atoms with Gasteiger partial charge in [0.1, 0.15) is 11.6 Å². The number of benzene rings is 2. The van der Waals surface area contributed by atoms with Gasteiger partial charge in [-0.3, -0.25) is 0 Å². The maximum Gasteiger partial charge on any atom is 0.130 e. The van der Waals surface area contributed by atoms with Crippen LogP contribution >= 0.6 is 15.9 Å². The van der Waals surface area contributed by atoms with E-state index in [-0.39, 0.29) is 4.83 Å². The van der Waals surface area contributed by atoms with Crippen LogP contribution in [0.15, 0.2) is 30.3 Å². The molecule has 0 aromatic heterocycles. The molecule has 0 aliphatic heterocycles. The van der Waals surface area contributed by atoms with Crippen molar-refractivity contribution in [3.63, 3.8) is 0 Å². The van der Waals surface area contributed by atoms with E-state index in [0.29, 0.717) is 11.1 Å². The Morgan fingerprint density at radius 2 is 1.67 bits per heavy atom. The highest BCUT2D eigenvalue weighted by Gasteiger charge is 2.19. The molecule has 1 atom stereocenters. The Bertz CT molecular complexity index is 679. The van der Waals surface area contributed by atoms with Crippen LogP contribution in [0, 0.1) is 18.6 Å². The lowest BCUT2D eigenvalue weighted by molar-refractivity contribution is 0.569. The number of alkyl halides is 1. The third-order valence-corrected chi connectivity index (χ3v) is 5.24. The molecular weight excluding hydrogens is 334 g/mol. The molecule has 0 spiro atoms. The van der Waals surface area contributed by atoms with E-state index in [1.165, 1.54) is 24.0 Å². The van der Waals surface area contributed by atoms with Gasteiger partial charge in [0.2, 0.25) is 0 Å². The van der Waals surface area contributed by atoms with Gasteiger partial charge in [-0.25, -0.2) is 8.78 Å². The number of rotatable bonds is 2.